The minimum absolute atomic E-state index is 0.202. The summed E-state index contributed by atoms with van der Waals surface area (Å²) in [5.41, 5.74) is 1.51. The van der Waals surface area contributed by atoms with Crippen LogP contribution in [0, 0.1) is 5.82 Å². The fourth-order valence-electron chi connectivity index (χ4n) is 3.25. The third kappa shape index (κ3) is 5.05. The van der Waals surface area contributed by atoms with Crippen molar-refractivity contribution in [2.45, 2.75) is 45.2 Å². The van der Waals surface area contributed by atoms with E-state index in [-0.39, 0.29) is 18.5 Å². The Kier molecular flexibility index (Phi) is 6.94. The quantitative estimate of drug-likeness (QED) is 0.549. The summed E-state index contributed by atoms with van der Waals surface area (Å²) in [6, 6.07) is 5.23. The second kappa shape index (κ2) is 9.61. The predicted octanol–water partition coefficient (Wildman–Crippen LogP) is 1.39. The molecule has 0 fully saturated rings. The van der Waals surface area contributed by atoms with E-state index in [0.29, 0.717) is 30.5 Å². The largest absolute Gasteiger partial charge is 0.380 e. The predicted molar refractivity (Wildman–Crippen MR) is 103 cm³/mol. The standard InChI is InChI=1S/C19H27FN6O2/c1-21-19(22-9-13-4-6-16(20)14(8-13)11-27-2)23-15-5-7-18-24-17(12-28-3)25-26(18)10-15/h4,6,8,15H,5,7,9-12H2,1-3H3,(H2,21,22,23). The number of hydrogen-bond acceptors (Lipinski definition) is 5. The van der Waals surface area contributed by atoms with Crippen molar-refractivity contribution < 1.29 is 13.9 Å². The van der Waals surface area contributed by atoms with Crippen molar-refractivity contribution in [3.63, 3.8) is 0 Å². The van der Waals surface area contributed by atoms with E-state index in [4.69, 9.17) is 9.47 Å². The van der Waals surface area contributed by atoms with Gasteiger partial charge >= 0.3 is 0 Å². The Balaban J connectivity index is 1.55. The van der Waals surface area contributed by atoms with Crippen molar-refractivity contribution in [3.8, 4) is 0 Å². The molecule has 2 aromatic rings. The van der Waals surface area contributed by atoms with Crippen LogP contribution in [0.3, 0.4) is 0 Å². The second-order valence-electron chi connectivity index (χ2n) is 6.72. The summed E-state index contributed by atoms with van der Waals surface area (Å²) < 4.78 is 25.8. The maximum Gasteiger partial charge on any atom is 0.191 e. The lowest BCUT2D eigenvalue weighted by Crippen LogP contribution is -2.46. The number of guanidine groups is 1. The summed E-state index contributed by atoms with van der Waals surface area (Å²) in [4.78, 5) is 8.79. The molecule has 2 N–H and O–H groups in total. The molecule has 9 heteroatoms. The number of hydrogen-bond donors (Lipinski definition) is 2. The highest BCUT2D eigenvalue weighted by molar-refractivity contribution is 5.79. The van der Waals surface area contributed by atoms with Gasteiger partial charge in [0.15, 0.2) is 11.8 Å². The minimum Gasteiger partial charge on any atom is -0.380 e. The van der Waals surface area contributed by atoms with Crippen molar-refractivity contribution >= 4 is 5.96 Å². The Morgan fingerprint density at radius 3 is 2.89 bits per heavy atom. The molecule has 3 rings (SSSR count). The molecule has 8 nitrogen and oxygen atoms in total. The zero-order valence-corrected chi connectivity index (χ0v) is 16.5. The Hall–Kier alpha value is -2.52. The number of aryl methyl sites for hydroxylation is 1. The summed E-state index contributed by atoms with van der Waals surface area (Å²) in [5, 5.41) is 11.2. The van der Waals surface area contributed by atoms with Gasteiger partial charge < -0.3 is 20.1 Å². The van der Waals surface area contributed by atoms with Crippen molar-refractivity contribution in [1.29, 1.82) is 0 Å². The topological polar surface area (TPSA) is 85.6 Å². The first-order valence-electron chi connectivity index (χ1n) is 9.28. The van der Waals surface area contributed by atoms with Gasteiger partial charge in [-0.25, -0.2) is 14.1 Å². The van der Waals surface area contributed by atoms with Crippen molar-refractivity contribution in [2.75, 3.05) is 21.3 Å². The van der Waals surface area contributed by atoms with E-state index in [1.807, 2.05) is 4.68 Å². The average molecular weight is 390 g/mol. The molecule has 28 heavy (non-hydrogen) atoms. The maximum atomic E-state index is 13.7. The highest BCUT2D eigenvalue weighted by Crippen LogP contribution is 2.14. The zero-order valence-electron chi connectivity index (χ0n) is 16.5. The molecule has 1 unspecified atom stereocenters. The molecule has 1 atom stereocenters. The third-order valence-corrected chi connectivity index (χ3v) is 4.61. The highest BCUT2D eigenvalue weighted by Gasteiger charge is 2.22. The highest BCUT2D eigenvalue weighted by atomic mass is 19.1. The molecular weight excluding hydrogens is 363 g/mol. The van der Waals surface area contributed by atoms with Gasteiger partial charge in [-0.05, 0) is 24.1 Å². The van der Waals surface area contributed by atoms with Crippen LogP contribution in [-0.4, -0.2) is 48.0 Å². The van der Waals surface area contributed by atoms with Gasteiger partial charge in [0.25, 0.3) is 0 Å². The fraction of sp³-hybridized carbons (Fsp3) is 0.526. The average Bonchev–Trinajstić information content (AvgIpc) is 3.09. The lowest BCUT2D eigenvalue weighted by atomic mass is 10.1. The number of aromatic nitrogens is 3. The van der Waals surface area contributed by atoms with E-state index in [9.17, 15) is 4.39 Å². The summed E-state index contributed by atoms with van der Waals surface area (Å²) in [5.74, 6) is 2.14. The van der Waals surface area contributed by atoms with E-state index in [2.05, 4.69) is 25.7 Å². The van der Waals surface area contributed by atoms with Crippen LogP contribution >= 0.6 is 0 Å². The number of fused-ring (bicyclic) bond motifs is 1. The van der Waals surface area contributed by atoms with Crippen LogP contribution in [0.2, 0.25) is 0 Å². The molecular formula is C19H27FN6O2. The van der Waals surface area contributed by atoms with Crippen LogP contribution in [0.1, 0.15) is 29.2 Å². The maximum absolute atomic E-state index is 13.7. The van der Waals surface area contributed by atoms with Gasteiger partial charge in [0.05, 0.1) is 13.2 Å². The number of benzene rings is 1. The summed E-state index contributed by atoms with van der Waals surface area (Å²) in [7, 11) is 4.93. The van der Waals surface area contributed by atoms with E-state index >= 15 is 0 Å². The van der Waals surface area contributed by atoms with Crippen LogP contribution < -0.4 is 10.6 Å². The summed E-state index contributed by atoms with van der Waals surface area (Å²) in [6.07, 6.45) is 1.80. The molecule has 1 aromatic carbocycles. The lowest BCUT2D eigenvalue weighted by Gasteiger charge is -2.25. The van der Waals surface area contributed by atoms with Crippen LogP contribution in [0.25, 0.3) is 0 Å². The van der Waals surface area contributed by atoms with Crippen molar-refractivity contribution in [3.05, 3.63) is 46.8 Å². The molecule has 2 heterocycles. The number of ether oxygens (including phenoxy) is 2. The molecule has 0 radical (unpaired) electrons. The molecule has 1 aliphatic rings. The lowest BCUT2D eigenvalue weighted by molar-refractivity contribution is 0.177. The summed E-state index contributed by atoms with van der Waals surface area (Å²) >= 11 is 0. The van der Waals surface area contributed by atoms with Crippen molar-refractivity contribution in [2.24, 2.45) is 4.99 Å². The summed E-state index contributed by atoms with van der Waals surface area (Å²) in [6.45, 7) is 1.93. The molecule has 0 amide bonds. The molecule has 0 saturated heterocycles. The molecule has 0 saturated carbocycles. The van der Waals surface area contributed by atoms with Gasteiger partial charge in [-0.3, -0.25) is 4.99 Å². The van der Waals surface area contributed by atoms with Gasteiger partial charge in [0.1, 0.15) is 18.2 Å². The molecule has 152 valence electrons. The Morgan fingerprint density at radius 1 is 1.32 bits per heavy atom. The van der Waals surface area contributed by atoms with Crippen LogP contribution in [-0.2, 0) is 42.2 Å². The Morgan fingerprint density at radius 2 is 2.14 bits per heavy atom. The molecule has 1 aromatic heterocycles. The smallest absolute Gasteiger partial charge is 0.191 e. The monoisotopic (exact) mass is 390 g/mol. The number of rotatable bonds is 7. The molecule has 1 aliphatic heterocycles. The normalized spacial score (nSPS) is 16.7. The number of nitrogens with one attached hydrogen (secondary N) is 2. The number of nitrogens with zero attached hydrogens (tertiary/aromatic N) is 4. The minimum atomic E-state index is -0.258. The van der Waals surface area contributed by atoms with E-state index in [1.54, 1.807) is 33.4 Å². The van der Waals surface area contributed by atoms with Crippen LogP contribution in [0.5, 0.6) is 0 Å². The van der Waals surface area contributed by atoms with E-state index in [1.165, 1.54) is 6.07 Å². The molecule has 0 bridgehead atoms. The third-order valence-electron chi connectivity index (χ3n) is 4.61. The van der Waals surface area contributed by atoms with E-state index in [0.717, 1.165) is 30.8 Å². The van der Waals surface area contributed by atoms with Crippen LogP contribution in [0.15, 0.2) is 23.2 Å². The number of methoxy groups -OCH3 is 2. The number of aliphatic imine (C=N–C) groups is 1. The first-order chi connectivity index (χ1) is 13.6. The first kappa shape index (κ1) is 20.2. The van der Waals surface area contributed by atoms with Gasteiger partial charge in [0.2, 0.25) is 0 Å². The van der Waals surface area contributed by atoms with Gasteiger partial charge in [-0.15, -0.1) is 0 Å². The SMILES string of the molecule is CN=C(NCc1ccc(F)c(COC)c1)NC1CCc2nc(COC)nn2C1. The molecule has 0 spiro atoms. The second-order valence-corrected chi connectivity index (χ2v) is 6.72. The zero-order chi connectivity index (χ0) is 19.9. The molecule has 0 aliphatic carbocycles. The van der Waals surface area contributed by atoms with Crippen LogP contribution in [0.4, 0.5) is 4.39 Å². The van der Waals surface area contributed by atoms with Crippen molar-refractivity contribution in [1.82, 2.24) is 25.4 Å². The van der Waals surface area contributed by atoms with Gasteiger partial charge in [-0.2, -0.15) is 5.10 Å². The van der Waals surface area contributed by atoms with E-state index < -0.39 is 0 Å². The van der Waals surface area contributed by atoms with Gasteiger partial charge in [-0.1, -0.05) is 6.07 Å². The Labute approximate surface area is 164 Å². The number of halogens is 1. The fourth-order valence-corrected chi connectivity index (χ4v) is 3.25. The first-order valence-corrected chi connectivity index (χ1v) is 9.28. The van der Waals surface area contributed by atoms with Gasteiger partial charge in [0, 0.05) is 45.8 Å². The Bertz CT molecular complexity index is 823.